The Morgan fingerprint density at radius 1 is 1.00 bits per heavy atom. The van der Waals surface area contributed by atoms with E-state index in [-0.39, 0.29) is 0 Å². The summed E-state index contributed by atoms with van der Waals surface area (Å²) in [5.41, 5.74) is 0. The Hall–Kier alpha value is 0.310. The van der Waals surface area contributed by atoms with Gasteiger partial charge in [0.1, 0.15) is 0 Å². The highest BCUT2D eigenvalue weighted by Crippen LogP contribution is 2.24. The van der Waals surface area contributed by atoms with Crippen LogP contribution in [0, 0.1) is 0 Å². The van der Waals surface area contributed by atoms with Crippen molar-refractivity contribution in [1.29, 1.82) is 0 Å². The number of nitrogens with one attached hydrogen (secondary N) is 1. The van der Waals surface area contributed by atoms with E-state index in [2.05, 4.69) is 30.9 Å². The SMILES string of the molecule is CCCCCCCCCCNC1CCCSC1C. The number of hydrogen-bond donors (Lipinski definition) is 1. The summed E-state index contributed by atoms with van der Waals surface area (Å²) < 4.78 is 0. The summed E-state index contributed by atoms with van der Waals surface area (Å²) in [4.78, 5) is 0. The molecule has 108 valence electrons. The second-order valence-corrected chi connectivity index (χ2v) is 7.24. The molecule has 1 fully saturated rings. The molecular weight excluding hydrogens is 238 g/mol. The second-order valence-electron chi connectivity index (χ2n) is 5.75. The maximum atomic E-state index is 3.76. The molecule has 0 radical (unpaired) electrons. The van der Waals surface area contributed by atoms with Crippen LogP contribution in [-0.4, -0.2) is 23.6 Å². The summed E-state index contributed by atoms with van der Waals surface area (Å²) in [6.45, 7) is 5.91. The van der Waals surface area contributed by atoms with Gasteiger partial charge >= 0.3 is 0 Å². The summed E-state index contributed by atoms with van der Waals surface area (Å²) in [5.74, 6) is 1.37. The van der Waals surface area contributed by atoms with E-state index in [0.717, 1.165) is 11.3 Å². The van der Waals surface area contributed by atoms with Gasteiger partial charge in [0.25, 0.3) is 0 Å². The highest BCUT2D eigenvalue weighted by atomic mass is 32.2. The number of hydrogen-bond acceptors (Lipinski definition) is 2. The Kier molecular flexibility index (Phi) is 10.1. The number of rotatable bonds is 10. The molecule has 0 saturated carbocycles. The lowest BCUT2D eigenvalue weighted by Crippen LogP contribution is -2.39. The van der Waals surface area contributed by atoms with Gasteiger partial charge in [-0.15, -0.1) is 0 Å². The Bertz CT molecular complexity index is 184. The molecule has 1 saturated heterocycles. The smallest absolute Gasteiger partial charge is 0.0184 e. The lowest BCUT2D eigenvalue weighted by atomic mass is 10.1. The van der Waals surface area contributed by atoms with Crippen molar-refractivity contribution >= 4 is 11.8 Å². The predicted octanol–water partition coefficient (Wildman–Crippen LogP) is 5.00. The van der Waals surface area contributed by atoms with Crippen molar-refractivity contribution in [2.24, 2.45) is 0 Å². The minimum absolute atomic E-state index is 0.785. The normalized spacial score (nSPS) is 24.3. The summed E-state index contributed by atoms with van der Waals surface area (Å²) in [7, 11) is 0. The summed E-state index contributed by atoms with van der Waals surface area (Å²) >= 11 is 2.14. The van der Waals surface area contributed by atoms with Crippen LogP contribution in [-0.2, 0) is 0 Å². The average molecular weight is 272 g/mol. The van der Waals surface area contributed by atoms with Crippen molar-refractivity contribution < 1.29 is 0 Å². The fourth-order valence-electron chi connectivity index (χ4n) is 2.74. The van der Waals surface area contributed by atoms with Crippen molar-refractivity contribution in [3.8, 4) is 0 Å². The van der Waals surface area contributed by atoms with Gasteiger partial charge in [0.2, 0.25) is 0 Å². The third-order valence-corrected chi connectivity index (χ3v) is 5.42. The molecule has 0 aromatic carbocycles. The monoisotopic (exact) mass is 271 g/mol. The van der Waals surface area contributed by atoms with Crippen molar-refractivity contribution in [1.82, 2.24) is 5.32 Å². The van der Waals surface area contributed by atoms with Gasteiger partial charge in [-0.1, -0.05) is 58.8 Å². The minimum Gasteiger partial charge on any atom is -0.313 e. The number of unbranched alkanes of at least 4 members (excludes halogenated alkanes) is 7. The lowest BCUT2D eigenvalue weighted by molar-refractivity contribution is 0.449. The molecule has 0 aromatic rings. The third kappa shape index (κ3) is 7.68. The molecule has 2 unspecified atom stereocenters. The molecule has 0 spiro atoms. The van der Waals surface area contributed by atoms with Crippen LogP contribution in [0.1, 0.15) is 78.1 Å². The molecule has 1 rings (SSSR count). The van der Waals surface area contributed by atoms with Gasteiger partial charge in [0.05, 0.1) is 0 Å². The molecule has 2 heteroatoms. The summed E-state index contributed by atoms with van der Waals surface area (Å²) in [5, 5.41) is 4.59. The van der Waals surface area contributed by atoms with Gasteiger partial charge in [-0.2, -0.15) is 11.8 Å². The van der Waals surface area contributed by atoms with Gasteiger partial charge in [0, 0.05) is 11.3 Å². The van der Waals surface area contributed by atoms with E-state index in [4.69, 9.17) is 0 Å². The molecular formula is C16H33NS. The van der Waals surface area contributed by atoms with E-state index in [0.29, 0.717) is 0 Å². The molecule has 1 aliphatic rings. The van der Waals surface area contributed by atoms with E-state index in [1.165, 1.54) is 76.5 Å². The fourth-order valence-corrected chi connectivity index (χ4v) is 3.91. The molecule has 0 aromatic heterocycles. The molecule has 1 N–H and O–H groups in total. The van der Waals surface area contributed by atoms with Crippen LogP contribution in [0.25, 0.3) is 0 Å². The van der Waals surface area contributed by atoms with Gasteiger partial charge < -0.3 is 5.32 Å². The van der Waals surface area contributed by atoms with Crippen LogP contribution in [0.3, 0.4) is 0 Å². The standard InChI is InChI=1S/C16H33NS/c1-3-4-5-6-7-8-9-10-13-17-16-12-11-14-18-15(16)2/h15-17H,3-14H2,1-2H3. The zero-order chi connectivity index (χ0) is 13.1. The van der Waals surface area contributed by atoms with Gasteiger partial charge in [-0.05, 0) is 31.6 Å². The fraction of sp³-hybridized carbons (Fsp3) is 1.00. The predicted molar refractivity (Wildman–Crippen MR) is 85.6 cm³/mol. The molecule has 0 bridgehead atoms. The van der Waals surface area contributed by atoms with Gasteiger partial charge in [0.15, 0.2) is 0 Å². The van der Waals surface area contributed by atoms with Gasteiger partial charge in [-0.3, -0.25) is 0 Å². The van der Waals surface area contributed by atoms with E-state index >= 15 is 0 Å². The van der Waals surface area contributed by atoms with Crippen molar-refractivity contribution in [3.05, 3.63) is 0 Å². The Balaban J connectivity index is 1.83. The second kappa shape index (κ2) is 11.2. The van der Waals surface area contributed by atoms with E-state index in [1.807, 2.05) is 0 Å². The van der Waals surface area contributed by atoms with Crippen LogP contribution in [0.15, 0.2) is 0 Å². The van der Waals surface area contributed by atoms with Crippen LogP contribution in [0.5, 0.6) is 0 Å². The van der Waals surface area contributed by atoms with E-state index < -0.39 is 0 Å². The summed E-state index contributed by atoms with van der Waals surface area (Å²) in [6.07, 6.45) is 14.2. The summed E-state index contributed by atoms with van der Waals surface area (Å²) in [6, 6.07) is 0.785. The third-order valence-electron chi connectivity index (χ3n) is 4.04. The molecule has 0 aliphatic carbocycles. The topological polar surface area (TPSA) is 12.0 Å². The Morgan fingerprint density at radius 2 is 1.67 bits per heavy atom. The highest BCUT2D eigenvalue weighted by molar-refractivity contribution is 7.99. The van der Waals surface area contributed by atoms with Crippen LogP contribution < -0.4 is 5.32 Å². The average Bonchev–Trinajstić information content (AvgIpc) is 2.39. The minimum atomic E-state index is 0.785. The first-order valence-corrected chi connectivity index (χ1v) is 9.24. The van der Waals surface area contributed by atoms with E-state index in [9.17, 15) is 0 Å². The Labute approximate surface area is 119 Å². The van der Waals surface area contributed by atoms with Gasteiger partial charge in [-0.25, -0.2) is 0 Å². The van der Waals surface area contributed by atoms with E-state index in [1.54, 1.807) is 0 Å². The zero-order valence-corrected chi connectivity index (χ0v) is 13.4. The molecule has 0 amide bonds. The quantitative estimate of drug-likeness (QED) is 0.561. The number of thioether (sulfide) groups is 1. The molecule has 2 atom stereocenters. The molecule has 18 heavy (non-hydrogen) atoms. The first-order chi connectivity index (χ1) is 8.84. The highest BCUT2D eigenvalue weighted by Gasteiger charge is 2.20. The van der Waals surface area contributed by atoms with Crippen molar-refractivity contribution in [3.63, 3.8) is 0 Å². The molecule has 1 nitrogen and oxygen atoms in total. The largest absolute Gasteiger partial charge is 0.313 e. The maximum absolute atomic E-state index is 3.76. The van der Waals surface area contributed by atoms with Crippen LogP contribution in [0.2, 0.25) is 0 Å². The molecule has 1 aliphatic heterocycles. The van der Waals surface area contributed by atoms with Crippen molar-refractivity contribution in [2.75, 3.05) is 12.3 Å². The Morgan fingerprint density at radius 3 is 2.33 bits per heavy atom. The first-order valence-electron chi connectivity index (χ1n) is 8.19. The van der Waals surface area contributed by atoms with Crippen LogP contribution >= 0.6 is 11.8 Å². The zero-order valence-electron chi connectivity index (χ0n) is 12.5. The first kappa shape index (κ1) is 16.4. The van der Waals surface area contributed by atoms with Crippen molar-refractivity contribution in [2.45, 2.75) is 89.3 Å². The molecule has 1 heterocycles. The lowest BCUT2D eigenvalue weighted by Gasteiger charge is -2.29. The van der Waals surface area contributed by atoms with Crippen LogP contribution in [0.4, 0.5) is 0 Å². The maximum Gasteiger partial charge on any atom is 0.0184 e.